The number of piperidine rings is 1. The normalized spacial score (nSPS) is 16.5. The number of benzene rings is 2. The number of carbonyl (C=O) groups is 1. The highest BCUT2D eigenvalue weighted by Crippen LogP contribution is 2.33. The number of hydrogen-bond acceptors (Lipinski definition) is 8. The van der Waals surface area contributed by atoms with Gasteiger partial charge in [0.05, 0.1) is 11.3 Å². The van der Waals surface area contributed by atoms with Crippen molar-refractivity contribution in [3.8, 4) is 11.5 Å². The Morgan fingerprint density at radius 1 is 1.06 bits per heavy atom. The van der Waals surface area contributed by atoms with E-state index in [2.05, 4.69) is 22.4 Å². The molecule has 0 aliphatic carbocycles. The van der Waals surface area contributed by atoms with Gasteiger partial charge < -0.3 is 13.9 Å². The molecular formula is C23H24N4O6S. The molecule has 1 saturated heterocycles. The summed E-state index contributed by atoms with van der Waals surface area (Å²) in [5, 5.41) is 10.4. The molecule has 3 heterocycles. The van der Waals surface area contributed by atoms with Crippen molar-refractivity contribution in [3.63, 3.8) is 0 Å². The molecule has 2 aliphatic rings. The largest absolute Gasteiger partial charge is 0.454 e. The first-order valence-corrected chi connectivity index (χ1v) is 12.4. The molecule has 1 aromatic heterocycles. The number of nitrogens with one attached hydrogen (secondary N) is 1. The number of fused-ring (bicyclic) bond motifs is 1. The van der Waals surface area contributed by atoms with E-state index in [4.69, 9.17) is 13.9 Å². The van der Waals surface area contributed by atoms with E-state index in [9.17, 15) is 13.2 Å². The van der Waals surface area contributed by atoms with E-state index in [0.717, 1.165) is 18.4 Å². The molecule has 3 aromatic rings. The van der Waals surface area contributed by atoms with Crippen LogP contribution in [0, 0.1) is 5.92 Å². The minimum atomic E-state index is -3.57. The fraction of sp³-hybridized carbons (Fsp3) is 0.348. The fourth-order valence-corrected chi connectivity index (χ4v) is 5.39. The zero-order chi connectivity index (χ0) is 23.7. The molecule has 2 aliphatic heterocycles. The van der Waals surface area contributed by atoms with Gasteiger partial charge in [-0.2, -0.15) is 4.31 Å². The van der Waals surface area contributed by atoms with Crippen molar-refractivity contribution in [1.29, 1.82) is 0 Å². The van der Waals surface area contributed by atoms with Gasteiger partial charge in [0.15, 0.2) is 11.5 Å². The molecule has 0 atom stereocenters. The first-order valence-electron chi connectivity index (χ1n) is 11.0. The van der Waals surface area contributed by atoms with Crippen LogP contribution in [-0.2, 0) is 16.4 Å². The Hall–Kier alpha value is -3.44. The Kier molecular flexibility index (Phi) is 5.96. The second-order valence-electron chi connectivity index (χ2n) is 8.43. The van der Waals surface area contributed by atoms with Gasteiger partial charge in [-0.25, -0.2) is 8.42 Å². The zero-order valence-corrected chi connectivity index (χ0v) is 19.4. The molecule has 0 unspecified atom stereocenters. The van der Waals surface area contributed by atoms with Crippen LogP contribution in [0.1, 0.15) is 41.6 Å². The number of ether oxygens (including phenoxy) is 2. The Morgan fingerprint density at radius 2 is 1.79 bits per heavy atom. The van der Waals surface area contributed by atoms with Gasteiger partial charge in [-0.15, -0.1) is 5.10 Å². The first-order chi connectivity index (χ1) is 16.4. The molecule has 5 rings (SSSR count). The van der Waals surface area contributed by atoms with E-state index >= 15 is 0 Å². The SMILES string of the molecule is CC1CCN(S(=O)(=O)c2ccc(C(=O)Nc3nnc(Cc4ccc5c(c4)OCO5)o3)cc2)CC1. The highest BCUT2D eigenvalue weighted by Gasteiger charge is 2.28. The molecule has 34 heavy (non-hydrogen) atoms. The van der Waals surface area contributed by atoms with E-state index in [-0.39, 0.29) is 23.3 Å². The summed E-state index contributed by atoms with van der Waals surface area (Å²) >= 11 is 0. The molecule has 0 spiro atoms. The number of nitrogens with zero attached hydrogens (tertiary/aromatic N) is 3. The molecular weight excluding hydrogens is 460 g/mol. The van der Waals surface area contributed by atoms with E-state index in [0.29, 0.717) is 42.8 Å². The number of rotatable bonds is 6. The second-order valence-corrected chi connectivity index (χ2v) is 10.4. The quantitative estimate of drug-likeness (QED) is 0.566. The van der Waals surface area contributed by atoms with Crippen molar-refractivity contribution in [3.05, 3.63) is 59.5 Å². The summed E-state index contributed by atoms with van der Waals surface area (Å²) in [4.78, 5) is 12.7. The van der Waals surface area contributed by atoms with E-state index in [1.807, 2.05) is 18.2 Å². The number of aromatic nitrogens is 2. The summed E-state index contributed by atoms with van der Waals surface area (Å²) in [5.74, 6) is 1.72. The Bertz CT molecular complexity index is 1300. The number of amides is 1. The van der Waals surface area contributed by atoms with Crippen LogP contribution in [0.25, 0.3) is 0 Å². The third-order valence-electron chi connectivity index (χ3n) is 5.98. The van der Waals surface area contributed by atoms with Gasteiger partial charge in [-0.05, 0) is 60.7 Å². The van der Waals surface area contributed by atoms with Crippen LogP contribution in [0.5, 0.6) is 11.5 Å². The van der Waals surface area contributed by atoms with Gasteiger partial charge >= 0.3 is 6.01 Å². The lowest BCUT2D eigenvalue weighted by Gasteiger charge is -2.29. The number of carbonyl (C=O) groups excluding carboxylic acids is 1. The Morgan fingerprint density at radius 3 is 2.56 bits per heavy atom. The molecule has 2 aromatic carbocycles. The highest BCUT2D eigenvalue weighted by molar-refractivity contribution is 7.89. The maximum atomic E-state index is 12.9. The van der Waals surface area contributed by atoms with Crippen molar-refractivity contribution in [2.75, 3.05) is 25.2 Å². The maximum absolute atomic E-state index is 12.9. The lowest BCUT2D eigenvalue weighted by molar-refractivity contribution is 0.102. The first kappa shape index (κ1) is 22.4. The molecule has 11 heteroatoms. The lowest BCUT2D eigenvalue weighted by atomic mass is 10.0. The monoisotopic (exact) mass is 484 g/mol. The predicted molar refractivity (Wildman–Crippen MR) is 121 cm³/mol. The average Bonchev–Trinajstić information content (AvgIpc) is 3.48. The lowest BCUT2D eigenvalue weighted by Crippen LogP contribution is -2.37. The standard InChI is InChI=1S/C23H24N4O6S/c1-15-8-10-27(11-9-15)34(29,30)18-5-3-17(4-6-18)22(28)24-23-26-25-21(33-23)13-16-2-7-19-20(12-16)32-14-31-19/h2-7,12,15H,8-11,13-14H2,1H3,(H,24,26,28). The minimum absolute atomic E-state index is 0.0418. The van der Waals surface area contributed by atoms with Gasteiger partial charge in [-0.1, -0.05) is 18.1 Å². The van der Waals surface area contributed by atoms with Gasteiger partial charge in [0.1, 0.15) is 0 Å². The third-order valence-corrected chi connectivity index (χ3v) is 7.89. The molecule has 1 N–H and O–H groups in total. The smallest absolute Gasteiger partial charge is 0.322 e. The van der Waals surface area contributed by atoms with Gasteiger partial charge in [-0.3, -0.25) is 10.1 Å². The van der Waals surface area contributed by atoms with E-state index < -0.39 is 15.9 Å². The van der Waals surface area contributed by atoms with E-state index in [1.54, 1.807) is 0 Å². The molecule has 178 valence electrons. The topological polar surface area (TPSA) is 124 Å². The number of hydrogen-bond donors (Lipinski definition) is 1. The zero-order valence-electron chi connectivity index (χ0n) is 18.6. The van der Waals surface area contributed by atoms with Crippen LogP contribution in [0.2, 0.25) is 0 Å². The average molecular weight is 485 g/mol. The summed E-state index contributed by atoms with van der Waals surface area (Å²) < 4.78 is 43.4. The van der Waals surface area contributed by atoms with Crippen LogP contribution < -0.4 is 14.8 Å². The van der Waals surface area contributed by atoms with Crippen LogP contribution in [-0.4, -0.2) is 48.7 Å². The second kappa shape index (κ2) is 9.07. The molecule has 0 radical (unpaired) electrons. The molecule has 0 saturated carbocycles. The Labute approximate surface area is 196 Å². The number of sulfonamides is 1. The molecule has 1 amide bonds. The van der Waals surface area contributed by atoms with Crippen LogP contribution in [0.3, 0.4) is 0 Å². The molecule has 1 fully saturated rings. The summed E-state index contributed by atoms with van der Waals surface area (Å²) in [7, 11) is -3.57. The Balaban J connectivity index is 1.21. The minimum Gasteiger partial charge on any atom is -0.454 e. The number of anilines is 1. The summed E-state index contributed by atoms with van der Waals surface area (Å²) in [6, 6.07) is 11.3. The van der Waals surface area contributed by atoms with Crippen molar-refractivity contribution in [1.82, 2.24) is 14.5 Å². The predicted octanol–water partition coefficient (Wildman–Crippen LogP) is 3.06. The van der Waals surface area contributed by atoms with Crippen molar-refractivity contribution < 1.29 is 27.1 Å². The van der Waals surface area contributed by atoms with Gasteiger partial charge in [0.2, 0.25) is 22.7 Å². The van der Waals surface area contributed by atoms with Crippen LogP contribution in [0.4, 0.5) is 6.01 Å². The molecule has 0 bridgehead atoms. The summed E-state index contributed by atoms with van der Waals surface area (Å²) in [6.07, 6.45) is 2.06. The van der Waals surface area contributed by atoms with E-state index in [1.165, 1.54) is 28.6 Å². The van der Waals surface area contributed by atoms with Crippen molar-refractivity contribution in [2.45, 2.75) is 31.1 Å². The highest BCUT2D eigenvalue weighted by atomic mass is 32.2. The third kappa shape index (κ3) is 4.62. The maximum Gasteiger partial charge on any atom is 0.322 e. The van der Waals surface area contributed by atoms with Gasteiger partial charge in [0.25, 0.3) is 5.91 Å². The van der Waals surface area contributed by atoms with Crippen molar-refractivity contribution in [2.24, 2.45) is 5.92 Å². The molecule has 10 nitrogen and oxygen atoms in total. The summed E-state index contributed by atoms with van der Waals surface area (Å²) in [6.45, 7) is 3.34. The fourth-order valence-electron chi connectivity index (χ4n) is 3.92. The van der Waals surface area contributed by atoms with Crippen LogP contribution >= 0.6 is 0 Å². The summed E-state index contributed by atoms with van der Waals surface area (Å²) in [5.41, 5.74) is 1.17. The van der Waals surface area contributed by atoms with Crippen molar-refractivity contribution >= 4 is 21.9 Å². The van der Waals surface area contributed by atoms with Gasteiger partial charge in [0, 0.05) is 18.7 Å². The van der Waals surface area contributed by atoms with Crippen LogP contribution in [0.15, 0.2) is 51.8 Å².